The van der Waals surface area contributed by atoms with Crippen LogP contribution < -0.4 is 0 Å². The number of thioether (sulfide) groups is 1. The van der Waals surface area contributed by atoms with Gasteiger partial charge in [-0.1, -0.05) is 24.3 Å². The fraction of sp³-hybridized carbons (Fsp3) is 0.133. The number of nitrogens with zero attached hydrogens (tertiary/aromatic N) is 1. The molecule has 2 aromatic carbocycles. The standard InChI is InChI=1S/C15H15NO6PS/c1-10-4-2-3-5-11(10)9-24-14-7-6-12(16(18)19)8-13(14)15(17)23(20,21)22/h2-8,20-22H,9H2,1H3/q+1. The summed E-state index contributed by atoms with van der Waals surface area (Å²) in [5.41, 5.74) is 0.111. The second kappa shape index (κ2) is 7.38. The topological polar surface area (TPSA) is 121 Å². The first-order chi connectivity index (χ1) is 11.2. The molecule has 0 heterocycles. The predicted molar refractivity (Wildman–Crippen MR) is 91.7 cm³/mol. The lowest BCUT2D eigenvalue weighted by molar-refractivity contribution is -0.384. The van der Waals surface area contributed by atoms with Gasteiger partial charge >= 0.3 is 13.5 Å². The molecule has 0 aliphatic rings. The van der Waals surface area contributed by atoms with Crippen LogP contribution in [0, 0.1) is 17.0 Å². The summed E-state index contributed by atoms with van der Waals surface area (Å²) in [5.74, 6) is 0.485. The molecule has 0 saturated heterocycles. The largest absolute Gasteiger partial charge is 0.483 e. The fourth-order valence-electron chi connectivity index (χ4n) is 2.01. The van der Waals surface area contributed by atoms with E-state index in [0.29, 0.717) is 10.6 Å². The molecular weight excluding hydrogens is 353 g/mol. The van der Waals surface area contributed by atoms with Crippen molar-refractivity contribution in [1.29, 1.82) is 0 Å². The normalized spacial score (nSPS) is 11.3. The number of nitro groups is 1. The summed E-state index contributed by atoms with van der Waals surface area (Å²) >= 11 is 1.22. The van der Waals surface area contributed by atoms with E-state index >= 15 is 0 Å². The van der Waals surface area contributed by atoms with Crippen LogP contribution >= 0.6 is 19.7 Å². The van der Waals surface area contributed by atoms with Gasteiger partial charge in [0.05, 0.1) is 10.5 Å². The van der Waals surface area contributed by atoms with Gasteiger partial charge in [0.1, 0.15) is 0 Å². The van der Waals surface area contributed by atoms with Gasteiger partial charge < -0.3 is 0 Å². The monoisotopic (exact) mass is 368 g/mol. The molecule has 7 nitrogen and oxygen atoms in total. The number of nitro benzene ring substituents is 1. The van der Waals surface area contributed by atoms with Gasteiger partial charge in [-0.15, -0.1) is 11.8 Å². The van der Waals surface area contributed by atoms with E-state index in [1.165, 1.54) is 23.9 Å². The molecule has 0 bridgehead atoms. The quantitative estimate of drug-likeness (QED) is 0.310. The second-order valence-corrected chi connectivity index (χ2v) is 7.59. The summed E-state index contributed by atoms with van der Waals surface area (Å²) in [7, 11) is -4.79. The Morgan fingerprint density at radius 3 is 2.46 bits per heavy atom. The van der Waals surface area contributed by atoms with Crippen LogP contribution in [0.3, 0.4) is 0 Å². The van der Waals surface area contributed by atoms with Crippen molar-refractivity contribution >= 4 is 30.9 Å². The van der Waals surface area contributed by atoms with Crippen molar-refractivity contribution in [3.05, 3.63) is 69.3 Å². The Labute approximate surface area is 142 Å². The van der Waals surface area contributed by atoms with Crippen molar-refractivity contribution in [3.8, 4) is 0 Å². The van der Waals surface area contributed by atoms with Crippen LogP contribution in [0.5, 0.6) is 0 Å². The number of rotatable bonds is 6. The van der Waals surface area contributed by atoms with Gasteiger partial charge in [-0.3, -0.25) is 10.1 Å². The number of carbonyl (C=O) groups is 1. The maximum absolute atomic E-state index is 12.0. The summed E-state index contributed by atoms with van der Waals surface area (Å²) < 4.78 is 0. The maximum Gasteiger partial charge on any atom is 0.483 e. The molecule has 0 fully saturated rings. The Bertz CT molecular complexity index is 790. The van der Waals surface area contributed by atoms with Crippen molar-refractivity contribution in [2.75, 3.05) is 0 Å². The highest BCUT2D eigenvalue weighted by atomic mass is 32.2. The van der Waals surface area contributed by atoms with Gasteiger partial charge in [-0.2, -0.15) is 14.7 Å². The van der Waals surface area contributed by atoms with Crippen molar-refractivity contribution in [2.45, 2.75) is 17.6 Å². The molecule has 0 saturated carbocycles. The summed E-state index contributed by atoms with van der Waals surface area (Å²) in [6.45, 7) is 1.93. The zero-order chi connectivity index (χ0) is 17.9. The van der Waals surface area contributed by atoms with Crippen molar-refractivity contribution in [1.82, 2.24) is 0 Å². The zero-order valence-corrected chi connectivity index (χ0v) is 14.3. The molecule has 0 unspecified atom stereocenters. The molecule has 2 rings (SSSR count). The average molecular weight is 368 g/mol. The first-order valence-corrected chi connectivity index (χ1v) is 9.41. The molecule has 0 aliphatic heterocycles. The van der Waals surface area contributed by atoms with Gasteiger partial charge in [0.2, 0.25) is 0 Å². The van der Waals surface area contributed by atoms with Gasteiger partial charge in [-0.25, -0.2) is 4.79 Å². The van der Waals surface area contributed by atoms with Crippen LogP contribution in [0.2, 0.25) is 0 Å². The van der Waals surface area contributed by atoms with E-state index in [1.54, 1.807) is 0 Å². The van der Waals surface area contributed by atoms with Gasteiger partial charge in [0.15, 0.2) is 0 Å². The van der Waals surface area contributed by atoms with Gasteiger partial charge in [0, 0.05) is 22.8 Å². The number of hydrogen-bond acceptors (Lipinski definition) is 7. The van der Waals surface area contributed by atoms with E-state index in [4.69, 9.17) is 0 Å². The molecule has 0 atom stereocenters. The predicted octanol–water partition coefficient (Wildman–Crippen LogP) is 3.08. The number of aryl methyl sites for hydroxylation is 1. The first-order valence-electron chi connectivity index (χ1n) is 6.78. The van der Waals surface area contributed by atoms with Crippen LogP contribution in [0.25, 0.3) is 0 Å². The Morgan fingerprint density at radius 2 is 1.88 bits per heavy atom. The Hall–Kier alpha value is -1.83. The molecule has 0 radical (unpaired) electrons. The smallest absolute Gasteiger partial charge is 0.258 e. The summed E-state index contributed by atoms with van der Waals surface area (Å²) in [6.07, 6.45) is 0. The Morgan fingerprint density at radius 1 is 1.21 bits per heavy atom. The number of carbonyl (C=O) groups excluding carboxylic acids is 1. The number of benzene rings is 2. The Balaban J connectivity index is 2.36. The average Bonchev–Trinajstić information content (AvgIpc) is 2.52. The lowest BCUT2D eigenvalue weighted by Crippen LogP contribution is -2.08. The second-order valence-electron chi connectivity index (χ2n) is 5.03. The van der Waals surface area contributed by atoms with Crippen LogP contribution in [0.4, 0.5) is 5.69 Å². The highest BCUT2D eigenvalue weighted by Crippen LogP contribution is 2.50. The van der Waals surface area contributed by atoms with E-state index < -0.39 is 18.4 Å². The van der Waals surface area contributed by atoms with E-state index in [1.807, 2.05) is 31.2 Å². The molecule has 2 aromatic rings. The van der Waals surface area contributed by atoms with E-state index in [2.05, 4.69) is 0 Å². The molecular formula is C15H15NO6PS+. The van der Waals surface area contributed by atoms with Gasteiger partial charge in [0.25, 0.3) is 5.69 Å². The van der Waals surface area contributed by atoms with Crippen molar-refractivity contribution < 1.29 is 24.4 Å². The lowest BCUT2D eigenvalue weighted by Gasteiger charge is -2.09. The van der Waals surface area contributed by atoms with E-state index in [0.717, 1.165) is 17.2 Å². The minimum atomic E-state index is -4.79. The summed E-state index contributed by atoms with van der Waals surface area (Å²) in [6, 6.07) is 11.1. The van der Waals surface area contributed by atoms with Crippen molar-refractivity contribution in [2.24, 2.45) is 0 Å². The highest BCUT2D eigenvalue weighted by Gasteiger charge is 2.45. The minimum Gasteiger partial charge on any atom is -0.258 e. The third-order valence-electron chi connectivity index (χ3n) is 3.32. The van der Waals surface area contributed by atoms with E-state index in [9.17, 15) is 29.6 Å². The summed E-state index contributed by atoms with van der Waals surface area (Å²) in [5, 5.41) is 10.9. The van der Waals surface area contributed by atoms with Crippen LogP contribution in [-0.4, -0.2) is 25.1 Å². The van der Waals surface area contributed by atoms with Gasteiger partial charge in [-0.05, 0) is 24.1 Å². The maximum atomic E-state index is 12.0. The summed E-state index contributed by atoms with van der Waals surface area (Å²) in [4.78, 5) is 50.2. The number of hydrogen-bond donors (Lipinski definition) is 3. The van der Waals surface area contributed by atoms with Crippen molar-refractivity contribution in [3.63, 3.8) is 0 Å². The van der Waals surface area contributed by atoms with Crippen LogP contribution in [0.1, 0.15) is 21.5 Å². The minimum absolute atomic E-state index is 0.274. The Kier molecular flexibility index (Phi) is 5.69. The van der Waals surface area contributed by atoms with E-state index in [-0.39, 0.29) is 11.3 Å². The molecule has 0 amide bonds. The molecule has 0 aliphatic carbocycles. The SMILES string of the molecule is Cc1ccccc1CSc1ccc([N+](=O)[O-])cc1C(=O)[P+](O)(O)O. The lowest BCUT2D eigenvalue weighted by atomic mass is 10.1. The fourth-order valence-corrected chi connectivity index (χ4v) is 3.70. The zero-order valence-electron chi connectivity index (χ0n) is 12.6. The molecule has 0 spiro atoms. The molecule has 126 valence electrons. The molecule has 9 heteroatoms. The highest BCUT2D eigenvalue weighted by molar-refractivity contribution is 7.98. The molecule has 0 aromatic heterocycles. The third kappa shape index (κ3) is 4.37. The first kappa shape index (κ1) is 18.5. The molecule has 3 N–H and O–H groups in total. The number of non-ortho nitro benzene ring substituents is 1. The molecule has 24 heavy (non-hydrogen) atoms. The third-order valence-corrected chi connectivity index (χ3v) is 5.23. The van der Waals surface area contributed by atoms with Crippen LogP contribution in [-0.2, 0) is 5.75 Å². The van der Waals surface area contributed by atoms with Crippen LogP contribution in [0.15, 0.2) is 47.4 Å².